The summed E-state index contributed by atoms with van der Waals surface area (Å²) < 4.78 is 0. The van der Waals surface area contributed by atoms with E-state index in [4.69, 9.17) is 0 Å². The minimum absolute atomic E-state index is 0.323. The molecule has 0 aliphatic heterocycles. The second kappa shape index (κ2) is 3.41. The van der Waals surface area contributed by atoms with Crippen LogP contribution in [-0.2, 0) is 4.79 Å². The maximum Gasteiger partial charge on any atom is 0.215 e. The van der Waals surface area contributed by atoms with Crippen molar-refractivity contribution >= 4 is 16.9 Å². The molecule has 0 amide bonds. The van der Waals surface area contributed by atoms with E-state index < -0.39 is 0 Å². The fourth-order valence-corrected chi connectivity index (χ4v) is 3.45. The Kier molecular flexibility index (Phi) is 2.50. The molecule has 3 aliphatic carbocycles. The third kappa shape index (κ3) is 1.35. The zero-order valence-corrected chi connectivity index (χ0v) is 9.99. The molecule has 2 bridgehead atoms. The summed E-state index contributed by atoms with van der Waals surface area (Å²) in [5.74, 6) is 2.27. The van der Waals surface area contributed by atoms with Crippen LogP contribution in [-0.4, -0.2) is 10.9 Å². The normalized spacial score (nSPS) is 33.2. The Balaban J connectivity index is 2.14. The molecule has 0 N–H and O–H groups in total. The van der Waals surface area contributed by atoms with Crippen LogP contribution in [0.5, 0.6) is 0 Å². The van der Waals surface area contributed by atoms with Gasteiger partial charge in [0, 0.05) is 5.57 Å². The summed E-state index contributed by atoms with van der Waals surface area (Å²) in [5, 5.41) is 0.323. The number of hydrogen-bond donors (Lipinski definition) is 0. The molecule has 3 aliphatic rings. The van der Waals surface area contributed by atoms with E-state index in [1.54, 1.807) is 0 Å². The van der Waals surface area contributed by atoms with Gasteiger partial charge in [0.15, 0.2) is 0 Å². The van der Waals surface area contributed by atoms with Gasteiger partial charge < -0.3 is 0 Å². The van der Waals surface area contributed by atoms with Crippen LogP contribution in [0.3, 0.4) is 0 Å². The van der Waals surface area contributed by atoms with Crippen LogP contribution in [0.25, 0.3) is 0 Å². The van der Waals surface area contributed by atoms with E-state index in [0.29, 0.717) is 16.4 Å². The smallest absolute Gasteiger partial charge is 0.215 e. The van der Waals surface area contributed by atoms with Crippen LogP contribution in [0.1, 0.15) is 33.6 Å². The van der Waals surface area contributed by atoms with Gasteiger partial charge in [0.05, 0.1) is 0 Å². The molecule has 14 heavy (non-hydrogen) atoms. The first-order valence-corrected chi connectivity index (χ1v) is 6.43. The van der Waals surface area contributed by atoms with Gasteiger partial charge in [-0.05, 0) is 35.8 Å². The Morgan fingerprint density at radius 1 is 1.64 bits per heavy atom. The minimum atomic E-state index is 0.323. The van der Waals surface area contributed by atoms with Crippen molar-refractivity contribution in [3.05, 3.63) is 11.6 Å². The number of rotatable bonds is 2. The van der Waals surface area contributed by atoms with Crippen molar-refractivity contribution in [1.29, 1.82) is 0 Å². The Morgan fingerprint density at radius 2 is 2.36 bits per heavy atom. The number of fused-ring (bicyclic) bond motifs is 1. The molecule has 1 saturated carbocycles. The fourth-order valence-electron chi connectivity index (χ4n) is 2.80. The molecule has 0 heterocycles. The molecule has 2 heteroatoms. The van der Waals surface area contributed by atoms with Gasteiger partial charge in [-0.2, -0.15) is 0 Å². The quantitative estimate of drug-likeness (QED) is 0.696. The van der Waals surface area contributed by atoms with Crippen LogP contribution in [0.2, 0.25) is 0 Å². The molecule has 1 fully saturated rings. The second-order valence-electron chi connectivity index (χ2n) is 4.92. The van der Waals surface area contributed by atoms with Crippen LogP contribution < -0.4 is 0 Å². The van der Waals surface area contributed by atoms with Gasteiger partial charge in [-0.15, -0.1) is 0 Å². The van der Waals surface area contributed by atoms with Crippen molar-refractivity contribution in [2.45, 2.75) is 33.6 Å². The lowest BCUT2D eigenvalue weighted by molar-refractivity contribution is -0.111. The number of thioether (sulfide) groups is 1. The van der Waals surface area contributed by atoms with Gasteiger partial charge in [0.2, 0.25) is 5.12 Å². The van der Waals surface area contributed by atoms with Crippen molar-refractivity contribution in [2.75, 3.05) is 5.75 Å². The van der Waals surface area contributed by atoms with Crippen molar-refractivity contribution in [2.24, 2.45) is 17.3 Å². The zero-order valence-electron chi connectivity index (χ0n) is 9.17. The fraction of sp³-hybridized carbons (Fsp3) is 0.750. The first-order chi connectivity index (χ1) is 6.57. The Labute approximate surface area is 90.3 Å². The third-order valence-electron chi connectivity index (χ3n) is 3.98. The highest BCUT2D eigenvalue weighted by atomic mass is 32.2. The molecule has 0 spiro atoms. The summed E-state index contributed by atoms with van der Waals surface area (Å²) in [5.41, 5.74) is 1.50. The number of carbonyl (C=O) groups is 1. The monoisotopic (exact) mass is 210 g/mol. The van der Waals surface area contributed by atoms with Crippen LogP contribution in [0.15, 0.2) is 11.6 Å². The highest BCUT2D eigenvalue weighted by Crippen LogP contribution is 2.59. The molecule has 0 radical (unpaired) electrons. The number of carbonyl (C=O) groups excluding carboxylic acids is 1. The van der Waals surface area contributed by atoms with E-state index in [1.165, 1.54) is 18.2 Å². The van der Waals surface area contributed by atoms with Crippen LogP contribution >= 0.6 is 11.8 Å². The molecule has 0 saturated heterocycles. The average Bonchev–Trinajstić information content (AvgIpc) is 2.18. The molecule has 0 aromatic carbocycles. The highest BCUT2D eigenvalue weighted by molar-refractivity contribution is 8.14. The topological polar surface area (TPSA) is 17.1 Å². The van der Waals surface area contributed by atoms with Gasteiger partial charge in [-0.3, -0.25) is 4.79 Å². The summed E-state index contributed by atoms with van der Waals surface area (Å²) in [6, 6.07) is 0. The van der Waals surface area contributed by atoms with Crippen LogP contribution in [0, 0.1) is 17.3 Å². The van der Waals surface area contributed by atoms with E-state index >= 15 is 0 Å². The van der Waals surface area contributed by atoms with Gasteiger partial charge in [-0.1, -0.05) is 38.6 Å². The van der Waals surface area contributed by atoms with E-state index in [1.807, 2.05) is 6.92 Å². The molecule has 2 atom stereocenters. The van der Waals surface area contributed by atoms with Crippen molar-refractivity contribution in [3.8, 4) is 0 Å². The number of hydrogen-bond acceptors (Lipinski definition) is 2. The SMILES string of the molecule is CCSC(=O)C1=CC[C@@H]2C[C@H]1C2(C)C. The molecule has 3 rings (SSSR count). The van der Waals surface area contributed by atoms with E-state index in [9.17, 15) is 4.79 Å². The largest absolute Gasteiger partial charge is 0.282 e. The lowest BCUT2D eigenvalue weighted by Gasteiger charge is -2.55. The summed E-state index contributed by atoms with van der Waals surface area (Å²) in [6.45, 7) is 6.66. The first kappa shape index (κ1) is 10.3. The van der Waals surface area contributed by atoms with Gasteiger partial charge >= 0.3 is 0 Å². The van der Waals surface area contributed by atoms with Crippen LogP contribution in [0.4, 0.5) is 0 Å². The highest BCUT2D eigenvalue weighted by Gasteiger charge is 2.52. The summed E-state index contributed by atoms with van der Waals surface area (Å²) in [6.07, 6.45) is 4.55. The van der Waals surface area contributed by atoms with Crippen molar-refractivity contribution < 1.29 is 4.79 Å². The predicted octanol–water partition coefficient (Wildman–Crippen LogP) is 3.26. The van der Waals surface area contributed by atoms with Crippen molar-refractivity contribution in [1.82, 2.24) is 0 Å². The molecule has 78 valence electrons. The summed E-state index contributed by atoms with van der Waals surface area (Å²) in [4.78, 5) is 11.8. The molecule has 0 aromatic rings. The lowest BCUT2D eigenvalue weighted by Crippen LogP contribution is -2.49. The Hall–Kier alpha value is -0.240. The molecule has 1 nitrogen and oxygen atoms in total. The minimum Gasteiger partial charge on any atom is -0.282 e. The molecular formula is C12H18OS. The molecule has 0 aromatic heterocycles. The van der Waals surface area contributed by atoms with Gasteiger partial charge in [0.25, 0.3) is 0 Å². The van der Waals surface area contributed by atoms with E-state index in [2.05, 4.69) is 19.9 Å². The first-order valence-electron chi connectivity index (χ1n) is 5.44. The second-order valence-corrected chi connectivity index (χ2v) is 6.16. The van der Waals surface area contributed by atoms with E-state index in [-0.39, 0.29) is 0 Å². The summed E-state index contributed by atoms with van der Waals surface area (Å²) >= 11 is 1.46. The van der Waals surface area contributed by atoms with Gasteiger partial charge in [-0.25, -0.2) is 0 Å². The Bertz CT molecular complexity index is 291. The predicted molar refractivity (Wildman–Crippen MR) is 61.2 cm³/mol. The van der Waals surface area contributed by atoms with Crippen molar-refractivity contribution in [3.63, 3.8) is 0 Å². The average molecular weight is 210 g/mol. The molecular weight excluding hydrogens is 192 g/mol. The van der Waals surface area contributed by atoms with Gasteiger partial charge in [0.1, 0.15) is 0 Å². The third-order valence-corrected chi connectivity index (χ3v) is 4.77. The zero-order chi connectivity index (χ0) is 10.3. The maximum absolute atomic E-state index is 11.8. The number of allylic oxidation sites excluding steroid dienone is 1. The Morgan fingerprint density at radius 3 is 2.86 bits per heavy atom. The van der Waals surface area contributed by atoms with E-state index in [0.717, 1.165) is 23.7 Å². The maximum atomic E-state index is 11.8. The molecule has 0 unspecified atom stereocenters. The summed E-state index contributed by atoms with van der Waals surface area (Å²) in [7, 11) is 0. The standard InChI is InChI=1S/C12H18OS/c1-4-14-11(13)9-6-5-8-7-10(9)12(8,2)3/h6,8,10H,4-5,7H2,1-3H3/t8-,10-/m1/s1. The lowest BCUT2D eigenvalue weighted by atomic mass is 9.49.